The van der Waals surface area contributed by atoms with Crippen molar-refractivity contribution in [2.45, 2.75) is 19.9 Å². The molecule has 1 aliphatic heterocycles. The van der Waals surface area contributed by atoms with Gasteiger partial charge in [-0.25, -0.2) is 9.79 Å². The molecule has 9 heteroatoms. The van der Waals surface area contributed by atoms with Gasteiger partial charge in [0.1, 0.15) is 0 Å². The summed E-state index contributed by atoms with van der Waals surface area (Å²) in [6.45, 7) is 4.24. The number of hydrogen-bond acceptors (Lipinski definition) is 7. The van der Waals surface area contributed by atoms with Gasteiger partial charge < -0.3 is 14.2 Å². The smallest absolute Gasteiger partial charge is 0.338 e. The summed E-state index contributed by atoms with van der Waals surface area (Å²) in [5.41, 5.74) is 2.70. The van der Waals surface area contributed by atoms with Crippen LogP contribution in [0.3, 0.4) is 0 Å². The highest BCUT2D eigenvalue weighted by Gasteiger charge is 2.35. The first-order valence-electron chi connectivity index (χ1n) is 12.8. The predicted octanol–water partition coefficient (Wildman–Crippen LogP) is 5.00. The molecule has 2 heterocycles. The normalized spacial score (nSPS) is 14.9. The molecule has 40 heavy (non-hydrogen) atoms. The van der Waals surface area contributed by atoms with Crippen LogP contribution in [-0.4, -0.2) is 30.9 Å². The first-order chi connectivity index (χ1) is 19.5. The Morgan fingerprint density at radius 2 is 1.75 bits per heavy atom. The minimum Gasteiger partial charge on any atom is -0.493 e. The number of nitrogens with zero attached hydrogens (tertiary/aromatic N) is 2. The van der Waals surface area contributed by atoms with Crippen LogP contribution < -0.4 is 24.4 Å². The Balaban J connectivity index is 1.78. The summed E-state index contributed by atoms with van der Waals surface area (Å²) in [6, 6.07) is 21.7. The minimum atomic E-state index is -0.729. The minimum absolute atomic E-state index is 0.191. The Hall–Kier alpha value is -4.14. The van der Waals surface area contributed by atoms with Gasteiger partial charge in [-0.05, 0) is 43.2 Å². The van der Waals surface area contributed by atoms with Gasteiger partial charge in [0.2, 0.25) is 0 Å². The molecule has 0 unspecified atom stereocenters. The summed E-state index contributed by atoms with van der Waals surface area (Å²) >= 11 is 7.73. The van der Waals surface area contributed by atoms with E-state index in [0.29, 0.717) is 49.3 Å². The van der Waals surface area contributed by atoms with Crippen LogP contribution in [0.1, 0.15) is 36.6 Å². The van der Waals surface area contributed by atoms with E-state index in [-0.39, 0.29) is 12.2 Å². The molecule has 0 aliphatic carbocycles. The van der Waals surface area contributed by atoms with Gasteiger partial charge >= 0.3 is 5.97 Å². The van der Waals surface area contributed by atoms with Crippen molar-refractivity contribution in [2.24, 2.45) is 4.99 Å². The Morgan fingerprint density at radius 1 is 1.05 bits per heavy atom. The molecule has 4 aromatic rings. The summed E-state index contributed by atoms with van der Waals surface area (Å²) in [7, 11) is 1.54. The molecular formula is C31H27ClN2O5S. The number of aromatic nitrogens is 1. The Labute approximate surface area is 240 Å². The topological polar surface area (TPSA) is 79.1 Å². The second kappa shape index (κ2) is 11.9. The number of ether oxygens (including phenoxy) is 3. The van der Waals surface area contributed by atoms with Gasteiger partial charge in [-0.3, -0.25) is 9.36 Å². The standard InChI is InChI=1S/C31H27ClN2O5S/c1-4-38-28-22(32)16-19(17-23(28)37-3)18-24-29(35)34-27(21-14-10-7-11-15-21)25(30(36)39-5-2)26(33-31(34)40-24)20-12-8-6-9-13-20/h6-18,27H,4-5H2,1-3H3/b24-18-/t27-/m0/s1. The van der Waals surface area contributed by atoms with Gasteiger partial charge in [-0.15, -0.1) is 0 Å². The number of rotatable bonds is 8. The van der Waals surface area contributed by atoms with Crippen LogP contribution in [0.25, 0.3) is 11.8 Å². The molecule has 0 saturated carbocycles. The maximum absolute atomic E-state index is 14.0. The van der Waals surface area contributed by atoms with Gasteiger partial charge in [0.25, 0.3) is 5.56 Å². The lowest BCUT2D eigenvalue weighted by atomic mass is 9.93. The zero-order valence-electron chi connectivity index (χ0n) is 22.2. The number of methoxy groups -OCH3 is 1. The number of fused-ring (bicyclic) bond motifs is 1. The molecule has 204 valence electrons. The van der Waals surface area contributed by atoms with Crippen LogP contribution in [0.4, 0.5) is 0 Å². The van der Waals surface area contributed by atoms with Crippen molar-refractivity contribution in [3.8, 4) is 11.5 Å². The highest BCUT2D eigenvalue weighted by atomic mass is 35.5. The largest absolute Gasteiger partial charge is 0.493 e. The van der Waals surface area contributed by atoms with Crippen LogP contribution in [0.5, 0.6) is 11.5 Å². The van der Waals surface area contributed by atoms with Gasteiger partial charge in [0.05, 0.1) is 47.2 Å². The van der Waals surface area contributed by atoms with Crippen LogP contribution in [0, 0.1) is 0 Å². The van der Waals surface area contributed by atoms with Crippen LogP contribution >= 0.6 is 22.9 Å². The highest BCUT2D eigenvalue weighted by Crippen LogP contribution is 2.37. The number of carbonyl (C=O) groups is 1. The Kier molecular flexibility index (Phi) is 8.19. The molecule has 0 spiro atoms. The molecule has 1 aromatic heterocycles. The predicted molar refractivity (Wildman–Crippen MR) is 157 cm³/mol. The van der Waals surface area contributed by atoms with E-state index in [4.69, 9.17) is 30.8 Å². The SMILES string of the molecule is CCOC(=O)C1=C(c2ccccc2)N=c2s/c(=C\c3cc(Cl)c(OCC)c(OC)c3)c(=O)n2[C@H]1c1ccccc1. The van der Waals surface area contributed by atoms with E-state index in [1.165, 1.54) is 18.4 Å². The fraction of sp³-hybridized carbons (Fsp3) is 0.194. The van der Waals surface area contributed by atoms with Crippen LogP contribution in [0.15, 0.2) is 88.2 Å². The fourth-order valence-corrected chi connectivity index (χ4v) is 5.92. The van der Waals surface area contributed by atoms with E-state index in [1.807, 2.05) is 67.6 Å². The van der Waals surface area contributed by atoms with E-state index in [2.05, 4.69) is 0 Å². The van der Waals surface area contributed by atoms with Crippen LogP contribution in [-0.2, 0) is 9.53 Å². The zero-order chi connectivity index (χ0) is 28.2. The molecule has 0 amide bonds. The lowest BCUT2D eigenvalue weighted by Gasteiger charge is -2.25. The number of thiazole rings is 1. The van der Waals surface area contributed by atoms with Gasteiger partial charge in [-0.2, -0.15) is 0 Å². The van der Waals surface area contributed by atoms with E-state index in [1.54, 1.807) is 29.7 Å². The number of esters is 1. The number of hydrogen-bond donors (Lipinski definition) is 0. The molecule has 0 radical (unpaired) electrons. The zero-order valence-corrected chi connectivity index (χ0v) is 23.8. The van der Waals surface area contributed by atoms with Crippen molar-refractivity contribution < 1.29 is 19.0 Å². The molecule has 0 bridgehead atoms. The molecule has 1 atom stereocenters. The number of halogens is 1. The second-order valence-electron chi connectivity index (χ2n) is 8.81. The van der Waals surface area contributed by atoms with Crippen molar-refractivity contribution in [3.63, 3.8) is 0 Å². The van der Waals surface area contributed by atoms with Crippen molar-refractivity contribution >= 4 is 40.7 Å². The van der Waals surface area contributed by atoms with E-state index >= 15 is 0 Å². The van der Waals surface area contributed by atoms with Crippen LogP contribution in [0.2, 0.25) is 5.02 Å². The van der Waals surface area contributed by atoms with Gasteiger partial charge in [0, 0.05) is 5.56 Å². The molecular weight excluding hydrogens is 548 g/mol. The van der Waals surface area contributed by atoms with Crippen molar-refractivity contribution in [1.82, 2.24) is 4.57 Å². The summed E-state index contributed by atoms with van der Waals surface area (Å²) < 4.78 is 18.6. The summed E-state index contributed by atoms with van der Waals surface area (Å²) in [5.74, 6) is 0.392. The number of carbonyl (C=O) groups excluding carboxylic acids is 1. The quantitative estimate of drug-likeness (QED) is 0.277. The number of benzene rings is 3. The Morgan fingerprint density at radius 3 is 2.40 bits per heavy atom. The first-order valence-corrected chi connectivity index (χ1v) is 14.0. The molecule has 7 nitrogen and oxygen atoms in total. The third-order valence-electron chi connectivity index (χ3n) is 6.33. The van der Waals surface area contributed by atoms with E-state index < -0.39 is 12.0 Å². The van der Waals surface area contributed by atoms with Crippen molar-refractivity contribution in [3.05, 3.63) is 120 Å². The molecule has 0 N–H and O–H groups in total. The first kappa shape index (κ1) is 27.4. The maximum atomic E-state index is 14.0. The summed E-state index contributed by atoms with van der Waals surface area (Å²) in [4.78, 5) is 32.8. The van der Waals surface area contributed by atoms with Crippen molar-refractivity contribution in [2.75, 3.05) is 20.3 Å². The maximum Gasteiger partial charge on any atom is 0.338 e. The monoisotopic (exact) mass is 574 g/mol. The molecule has 0 fully saturated rings. The highest BCUT2D eigenvalue weighted by molar-refractivity contribution is 7.07. The lowest BCUT2D eigenvalue weighted by Crippen LogP contribution is -2.39. The van der Waals surface area contributed by atoms with E-state index in [0.717, 1.165) is 11.1 Å². The summed E-state index contributed by atoms with van der Waals surface area (Å²) in [5, 5.41) is 0.373. The van der Waals surface area contributed by atoms with E-state index in [9.17, 15) is 9.59 Å². The molecule has 3 aromatic carbocycles. The van der Waals surface area contributed by atoms with Crippen molar-refractivity contribution in [1.29, 1.82) is 0 Å². The average molecular weight is 575 g/mol. The second-order valence-corrected chi connectivity index (χ2v) is 10.2. The molecule has 5 rings (SSSR count). The Bertz CT molecular complexity index is 1760. The molecule has 1 aliphatic rings. The van der Waals surface area contributed by atoms with Gasteiger partial charge in [-0.1, -0.05) is 83.6 Å². The summed E-state index contributed by atoms with van der Waals surface area (Å²) in [6.07, 6.45) is 1.74. The molecule has 0 saturated heterocycles. The lowest BCUT2D eigenvalue weighted by molar-refractivity contribution is -0.138. The van der Waals surface area contributed by atoms with Gasteiger partial charge in [0.15, 0.2) is 16.3 Å². The third kappa shape index (κ3) is 5.20. The third-order valence-corrected chi connectivity index (χ3v) is 7.59. The average Bonchev–Trinajstić information content (AvgIpc) is 3.28. The fourth-order valence-electron chi connectivity index (χ4n) is 4.65.